The Morgan fingerprint density at radius 1 is 0.276 bits per heavy atom. The Labute approximate surface area is 441 Å². The lowest BCUT2D eigenvalue weighted by atomic mass is 9.94. The average Bonchev–Trinajstić information content (AvgIpc) is 3.84. The van der Waals surface area contributed by atoms with Gasteiger partial charge in [0.15, 0.2) is 5.65 Å². The third-order valence-corrected chi connectivity index (χ3v) is 15.9. The molecule has 0 fully saturated rings. The Morgan fingerprint density at radius 3 is 0.816 bits per heavy atom. The third-order valence-electron chi connectivity index (χ3n) is 15.9. The zero-order chi connectivity index (χ0) is 50.9. The van der Waals surface area contributed by atoms with Crippen LogP contribution in [-0.4, -0.2) is 42.7 Å². The van der Waals surface area contributed by atoms with Crippen molar-refractivity contribution in [1.29, 1.82) is 0 Å². The zero-order valence-corrected chi connectivity index (χ0v) is 42.7. The van der Waals surface area contributed by atoms with Gasteiger partial charge in [-0.1, -0.05) is 97.1 Å². The van der Waals surface area contributed by atoms with E-state index >= 15 is 0 Å². The summed E-state index contributed by atoms with van der Waals surface area (Å²) in [6.45, 7) is 0. The molecule has 11 nitrogen and oxygen atoms in total. The van der Waals surface area contributed by atoms with Crippen LogP contribution in [0.3, 0.4) is 0 Å². The molecule has 0 radical (unpaired) electrons. The molecule has 366 valence electrons. The first-order chi connectivity index (χ1) is 37.4. The lowest BCUT2D eigenvalue weighted by molar-refractivity contribution is 0.940. The summed E-state index contributed by atoms with van der Waals surface area (Å²) in [5.41, 5.74) is 23.3. The van der Waals surface area contributed by atoms with Crippen LogP contribution in [0, 0.1) is 0 Å². The zero-order valence-electron chi connectivity index (χ0n) is 42.7. The summed E-state index contributed by atoms with van der Waals surface area (Å²) in [6.07, 6.45) is 1.87. The van der Waals surface area contributed by atoms with Crippen LogP contribution in [0.4, 0.5) is 114 Å². The van der Waals surface area contributed by atoms with Crippen molar-refractivity contribution in [3.63, 3.8) is 0 Å². The number of para-hydroxylation sites is 16. The molecule has 0 saturated carbocycles. The van der Waals surface area contributed by atoms with Crippen molar-refractivity contribution in [1.82, 2.24) is 14.5 Å². The van der Waals surface area contributed by atoms with E-state index in [2.05, 4.69) is 285 Å². The molecule has 0 N–H and O–H groups in total. The number of fused-ring (bicyclic) bond motifs is 9. The lowest BCUT2D eigenvalue weighted by Gasteiger charge is -2.47. The first-order valence-electron chi connectivity index (χ1n) is 25.7. The quantitative estimate of drug-likeness (QED) is 0.167. The molecule has 0 aliphatic carbocycles. The van der Waals surface area contributed by atoms with Crippen LogP contribution in [0.1, 0.15) is 0 Å². The molecule has 0 spiro atoms. The maximum atomic E-state index is 5.79. The monoisotopic (exact) mass is 985 g/mol. The van der Waals surface area contributed by atoms with Crippen molar-refractivity contribution < 1.29 is 0 Å². The second kappa shape index (κ2) is 16.5. The first-order valence-corrected chi connectivity index (χ1v) is 25.7. The molecule has 0 atom stereocenters. The Balaban J connectivity index is 1.23. The molecular weight excluding hydrogens is 935 g/mol. The minimum atomic E-state index is 0.760. The molecule has 0 unspecified atom stereocenters. The molecule has 4 aliphatic heterocycles. The maximum absolute atomic E-state index is 5.79. The number of rotatable bonds is 5. The molecule has 11 aromatic rings. The second-order valence-corrected chi connectivity index (χ2v) is 19.8. The van der Waals surface area contributed by atoms with Crippen LogP contribution >= 0.6 is 0 Å². The van der Waals surface area contributed by atoms with Crippen LogP contribution in [0.25, 0.3) is 22.6 Å². The number of hydrogen-bond acceptors (Lipinski definition) is 10. The predicted octanol–water partition coefficient (Wildman–Crippen LogP) is 16.8. The summed E-state index contributed by atoms with van der Waals surface area (Å²) in [5.74, 6) is 0.760. The summed E-state index contributed by atoms with van der Waals surface area (Å²) in [6, 6.07) is 76.9. The number of aryl methyl sites for hydroxylation is 1. The van der Waals surface area contributed by atoms with E-state index in [1.165, 1.54) is 0 Å². The molecule has 9 aromatic carbocycles. The number of benzene rings is 9. The highest BCUT2D eigenvalue weighted by atomic mass is 15.3. The number of pyridine rings is 1. The molecule has 0 amide bonds. The van der Waals surface area contributed by atoms with E-state index in [1.54, 1.807) is 0 Å². The fourth-order valence-corrected chi connectivity index (χ4v) is 12.4. The Kier molecular flexibility index (Phi) is 9.46. The van der Waals surface area contributed by atoms with Crippen molar-refractivity contribution in [3.05, 3.63) is 219 Å². The fraction of sp³-hybridized carbons (Fsp3) is 0.0769. The number of anilines is 20. The molecule has 11 heteroatoms. The lowest BCUT2D eigenvalue weighted by Crippen LogP contribution is -2.31. The van der Waals surface area contributed by atoms with E-state index in [1.807, 2.05) is 12.3 Å². The standard InChI is InChI=1S/C65H51N11/c1-68-43-24-6-14-32-51(43)73(52-33-15-7-25-44(52)68)59-41-60(74-53-34-16-8-26-45(53)69(2)46-27-9-17-35-54(46)74)63(76-57-38-20-12-30-49(57)71(4)50-31-13-21-39-58(50)76)61(65-67-42-23-22-40-66-64(42)72(65)5)62(59)75-55-36-18-10-28-47(55)70(3)48-29-11-19-37-56(48)75/h6-41H,1-5H3. The summed E-state index contributed by atoms with van der Waals surface area (Å²) in [7, 11) is 10.8. The van der Waals surface area contributed by atoms with Crippen molar-refractivity contribution in [3.8, 4) is 11.4 Å². The maximum Gasteiger partial charge on any atom is 0.160 e. The van der Waals surface area contributed by atoms with E-state index in [0.29, 0.717) is 0 Å². The molecule has 76 heavy (non-hydrogen) atoms. The van der Waals surface area contributed by atoms with Crippen LogP contribution in [-0.2, 0) is 7.05 Å². The van der Waals surface area contributed by atoms with Gasteiger partial charge in [-0.15, -0.1) is 0 Å². The van der Waals surface area contributed by atoms with Gasteiger partial charge in [-0.05, 0) is 115 Å². The Hall–Kier alpha value is -10.0. The molecule has 0 saturated heterocycles. The highest BCUT2D eigenvalue weighted by Gasteiger charge is 2.43. The minimum Gasteiger partial charge on any atom is -0.341 e. The van der Waals surface area contributed by atoms with Crippen molar-refractivity contribution >= 4 is 125 Å². The van der Waals surface area contributed by atoms with E-state index in [0.717, 1.165) is 136 Å². The SMILES string of the molecule is CN1c2ccccc2N(c2cc(N3c4ccccc4N(C)c4ccccc43)c(N3c4ccccc4N(C)c4ccccc43)c(-c3nc4cccnc4n3C)c2N2c3ccccc3N(C)c3ccccc32)c2ccccc21. The van der Waals surface area contributed by atoms with Gasteiger partial charge in [-0.25, -0.2) is 9.97 Å². The Morgan fingerprint density at radius 2 is 0.539 bits per heavy atom. The normalized spacial score (nSPS) is 13.9. The van der Waals surface area contributed by atoms with E-state index in [9.17, 15) is 0 Å². The smallest absolute Gasteiger partial charge is 0.160 e. The molecule has 6 heterocycles. The second-order valence-electron chi connectivity index (χ2n) is 19.8. The third kappa shape index (κ3) is 6.04. The van der Waals surface area contributed by atoms with Crippen molar-refractivity contribution in [2.24, 2.45) is 7.05 Å². The molecule has 0 bridgehead atoms. The number of imidazole rings is 1. The molecular formula is C65H51N11. The van der Waals surface area contributed by atoms with Crippen LogP contribution in [0.15, 0.2) is 219 Å². The van der Waals surface area contributed by atoms with Crippen LogP contribution < -0.4 is 39.2 Å². The van der Waals surface area contributed by atoms with Gasteiger partial charge in [-0.3, -0.25) is 0 Å². The number of nitrogens with zero attached hydrogens (tertiary/aromatic N) is 11. The van der Waals surface area contributed by atoms with Crippen LogP contribution in [0.2, 0.25) is 0 Å². The topological polar surface area (TPSA) is 56.6 Å². The summed E-state index contributed by atoms with van der Waals surface area (Å²) in [4.78, 5) is 30.2. The highest BCUT2D eigenvalue weighted by molar-refractivity contribution is 6.17. The molecule has 2 aromatic heterocycles. The molecule has 4 aliphatic rings. The van der Waals surface area contributed by atoms with Gasteiger partial charge < -0.3 is 43.8 Å². The van der Waals surface area contributed by atoms with Crippen molar-refractivity contribution in [2.75, 3.05) is 67.4 Å². The van der Waals surface area contributed by atoms with Crippen molar-refractivity contribution in [2.45, 2.75) is 0 Å². The number of hydrogen-bond donors (Lipinski definition) is 0. The Bertz CT molecular complexity index is 3770. The van der Waals surface area contributed by atoms with Gasteiger partial charge in [0, 0.05) is 41.4 Å². The minimum absolute atomic E-state index is 0.760. The van der Waals surface area contributed by atoms with E-state index < -0.39 is 0 Å². The predicted molar refractivity (Wildman–Crippen MR) is 315 cm³/mol. The first kappa shape index (κ1) is 43.6. The van der Waals surface area contributed by atoms with Gasteiger partial charge in [0.2, 0.25) is 0 Å². The number of aromatic nitrogens is 3. The van der Waals surface area contributed by atoms with E-state index in [4.69, 9.17) is 9.97 Å². The highest BCUT2D eigenvalue weighted by Crippen LogP contribution is 2.67. The average molecular weight is 986 g/mol. The van der Waals surface area contributed by atoms with Gasteiger partial charge in [0.05, 0.1) is 119 Å². The summed E-state index contributed by atoms with van der Waals surface area (Å²) < 4.78 is 2.20. The van der Waals surface area contributed by atoms with Gasteiger partial charge >= 0.3 is 0 Å². The van der Waals surface area contributed by atoms with E-state index in [-0.39, 0.29) is 0 Å². The van der Waals surface area contributed by atoms with Gasteiger partial charge in [-0.2, -0.15) is 0 Å². The molecule has 15 rings (SSSR count). The largest absolute Gasteiger partial charge is 0.341 e. The summed E-state index contributed by atoms with van der Waals surface area (Å²) in [5, 5.41) is 0. The fourth-order valence-electron chi connectivity index (χ4n) is 12.4. The van der Waals surface area contributed by atoms with Gasteiger partial charge in [0.1, 0.15) is 11.3 Å². The summed E-state index contributed by atoms with van der Waals surface area (Å²) >= 11 is 0. The van der Waals surface area contributed by atoms with Crippen LogP contribution in [0.5, 0.6) is 0 Å². The van der Waals surface area contributed by atoms with Gasteiger partial charge in [0.25, 0.3) is 0 Å².